The number of anilines is 2. The van der Waals surface area contributed by atoms with Gasteiger partial charge in [-0.05, 0) is 42.3 Å². The molecule has 4 N–H and O–H groups in total. The van der Waals surface area contributed by atoms with Gasteiger partial charge in [-0.15, -0.1) is 0 Å². The second-order valence-electron chi connectivity index (χ2n) is 8.81. The molecule has 1 amide bonds. The van der Waals surface area contributed by atoms with Crippen molar-refractivity contribution in [1.29, 1.82) is 0 Å². The Hall–Kier alpha value is -4.10. The fourth-order valence-electron chi connectivity index (χ4n) is 3.88. The number of carboxylic acids is 1. The molecule has 0 spiro atoms. The van der Waals surface area contributed by atoms with E-state index in [0.717, 1.165) is 37.4 Å². The number of carbonyl (C=O) groups excluding carboxylic acids is 1. The van der Waals surface area contributed by atoms with Crippen molar-refractivity contribution in [1.82, 2.24) is 10.6 Å². The lowest BCUT2D eigenvalue weighted by Gasteiger charge is -2.31. The number of nitrogens with one attached hydrogen (secondary N) is 3. The Kier molecular flexibility index (Phi) is 10.1. The highest BCUT2D eigenvalue weighted by molar-refractivity contribution is 7.92. The first-order valence-electron chi connectivity index (χ1n) is 12.2. The minimum Gasteiger partial charge on any atom is -0.475 e. The molecule has 1 fully saturated rings. The Balaban J connectivity index is 0.000000559. The van der Waals surface area contributed by atoms with Crippen LogP contribution in [0.5, 0.6) is 0 Å². The van der Waals surface area contributed by atoms with Crippen molar-refractivity contribution in [3.05, 3.63) is 89.5 Å². The first kappa shape index (κ1) is 30.4. The molecule has 0 bridgehead atoms. The first-order chi connectivity index (χ1) is 18.9. The minimum atomic E-state index is -5.08. The van der Waals surface area contributed by atoms with Crippen LogP contribution in [0.4, 0.5) is 24.5 Å². The van der Waals surface area contributed by atoms with Crippen LogP contribution >= 0.6 is 0 Å². The van der Waals surface area contributed by atoms with Gasteiger partial charge in [-0.3, -0.25) is 9.52 Å². The average Bonchev–Trinajstić information content (AvgIpc) is 2.92. The van der Waals surface area contributed by atoms with Crippen LogP contribution in [0.25, 0.3) is 0 Å². The lowest BCUT2D eigenvalue weighted by Crippen LogP contribution is -2.43. The molecule has 0 atom stereocenters. The molecule has 0 saturated carbocycles. The number of carboxylic acid groups (broad SMARTS) is 1. The van der Waals surface area contributed by atoms with Crippen LogP contribution in [0, 0.1) is 6.92 Å². The molecule has 9 nitrogen and oxygen atoms in total. The summed E-state index contributed by atoms with van der Waals surface area (Å²) in [5, 5.41) is 13.3. The molecule has 0 unspecified atom stereocenters. The number of amides is 1. The highest BCUT2D eigenvalue weighted by Crippen LogP contribution is 2.30. The molecule has 1 aliphatic rings. The van der Waals surface area contributed by atoms with Crippen molar-refractivity contribution in [2.45, 2.75) is 24.5 Å². The van der Waals surface area contributed by atoms with Gasteiger partial charge in [-0.25, -0.2) is 13.2 Å². The van der Waals surface area contributed by atoms with E-state index >= 15 is 0 Å². The van der Waals surface area contributed by atoms with Crippen LogP contribution in [0.3, 0.4) is 0 Å². The molecule has 0 radical (unpaired) electrons. The van der Waals surface area contributed by atoms with E-state index in [1.807, 2.05) is 36.4 Å². The van der Waals surface area contributed by atoms with Gasteiger partial charge in [-0.2, -0.15) is 13.2 Å². The van der Waals surface area contributed by atoms with E-state index in [-0.39, 0.29) is 10.8 Å². The zero-order chi connectivity index (χ0) is 29.3. The van der Waals surface area contributed by atoms with Crippen molar-refractivity contribution >= 4 is 33.3 Å². The third kappa shape index (κ3) is 8.45. The lowest BCUT2D eigenvalue weighted by atomic mass is 10.1. The topological polar surface area (TPSA) is 128 Å². The number of aryl methyl sites for hydroxylation is 1. The van der Waals surface area contributed by atoms with Crippen LogP contribution in [0.1, 0.15) is 21.5 Å². The molecule has 1 heterocycles. The number of piperazine rings is 1. The summed E-state index contributed by atoms with van der Waals surface area (Å²) in [5.74, 6) is -3.02. The SMILES string of the molecule is Cc1ccccc1S(=O)(=O)Nc1cc(C(=O)NCc2ccccc2)ccc1N1CCNCC1.O=C(O)C(F)(F)F. The molecule has 40 heavy (non-hydrogen) atoms. The average molecular weight is 579 g/mol. The second kappa shape index (κ2) is 13.3. The summed E-state index contributed by atoms with van der Waals surface area (Å²) in [6, 6.07) is 21.7. The number of sulfonamides is 1. The third-order valence-corrected chi connectivity index (χ3v) is 7.41. The Morgan fingerprint density at radius 1 is 0.975 bits per heavy atom. The van der Waals surface area contributed by atoms with Crippen molar-refractivity contribution in [3.8, 4) is 0 Å². The van der Waals surface area contributed by atoms with E-state index in [9.17, 15) is 26.4 Å². The molecule has 214 valence electrons. The predicted octanol–water partition coefficient (Wildman–Crippen LogP) is 3.77. The first-order valence-corrected chi connectivity index (χ1v) is 13.7. The normalized spacial score (nSPS) is 13.6. The predicted molar refractivity (Wildman–Crippen MR) is 145 cm³/mol. The zero-order valence-corrected chi connectivity index (χ0v) is 22.3. The van der Waals surface area contributed by atoms with Gasteiger partial charge >= 0.3 is 12.1 Å². The number of nitrogens with zero attached hydrogens (tertiary/aromatic N) is 1. The van der Waals surface area contributed by atoms with Crippen molar-refractivity contribution in [3.63, 3.8) is 0 Å². The van der Waals surface area contributed by atoms with Crippen LogP contribution in [0.2, 0.25) is 0 Å². The summed E-state index contributed by atoms with van der Waals surface area (Å²) in [5.41, 5.74) is 3.20. The fourth-order valence-corrected chi connectivity index (χ4v) is 5.19. The molecule has 3 aromatic rings. The summed E-state index contributed by atoms with van der Waals surface area (Å²) in [6.45, 7) is 5.27. The van der Waals surface area contributed by atoms with Crippen LogP contribution in [-0.4, -0.2) is 57.8 Å². The Bertz CT molecular complexity index is 1430. The summed E-state index contributed by atoms with van der Waals surface area (Å²) >= 11 is 0. The number of alkyl halides is 3. The maximum absolute atomic E-state index is 13.2. The van der Waals surface area contributed by atoms with Gasteiger partial charge in [0.2, 0.25) is 0 Å². The van der Waals surface area contributed by atoms with Gasteiger partial charge < -0.3 is 20.6 Å². The lowest BCUT2D eigenvalue weighted by molar-refractivity contribution is -0.192. The van der Waals surface area contributed by atoms with Crippen LogP contribution in [-0.2, 0) is 21.4 Å². The zero-order valence-electron chi connectivity index (χ0n) is 21.5. The van der Waals surface area contributed by atoms with E-state index in [4.69, 9.17) is 9.90 Å². The van der Waals surface area contributed by atoms with Crippen molar-refractivity contribution in [2.75, 3.05) is 35.8 Å². The number of carbonyl (C=O) groups is 2. The van der Waals surface area contributed by atoms with E-state index in [0.29, 0.717) is 23.4 Å². The van der Waals surface area contributed by atoms with Gasteiger partial charge in [0.05, 0.1) is 16.3 Å². The minimum absolute atomic E-state index is 0.218. The molecule has 1 saturated heterocycles. The number of rotatable bonds is 7. The number of aliphatic carboxylic acids is 1. The molecule has 1 aliphatic heterocycles. The van der Waals surface area contributed by atoms with Crippen molar-refractivity contribution < 1.29 is 36.3 Å². The quantitative estimate of drug-likeness (QED) is 0.336. The Labute approximate surface area is 230 Å². The summed E-state index contributed by atoms with van der Waals surface area (Å²) in [7, 11) is -3.83. The molecule has 13 heteroatoms. The summed E-state index contributed by atoms with van der Waals surface area (Å²) in [6.07, 6.45) is -5.08. The molecule has 0 aromatic heterocycles. The van der Waals surface area contributed by atoms with Gasteiger partial charge in [0, 0.05) is 38.3 Å². The molecule has 3 aromatic carbocycles. The number of hydrogen-bond donors (Lipinski definition) is 4. The smallest absolute Gasteiger partial charge is 0.475 e. The second-order valence-corrected chi connectivity index (χ2v) is 10.5. The van der Waals surface area contributed by atoms with Gasteiger partial charge in [0.1, 0.15) is 0 Å². The Morgan fingerprint density at radius 3 is 2.17 bits per heavy atom. The van der Waals surface area contributed by atoms with Gasteiger partial charge in [0.25, 0.3) is 15.9 Å². The molecule has 4 rings (SSSR count). The van der Waals surface area contributed by atoms with Crippen LogP contribution < -0.4 is 20.3 Å². The number of benzene rings is 3. The molecular weight excluding hydrogens is 549 g/mol. The summed E-state index contributed by atoms with van der Waals surface area (Å²) < 4.78 is 60.9. The van der Waals surface area contributed by atoms with E-state index in [1.54, 1.807) is 43.3 Å². The maximum atomic E-state index is 13.2. The maximum Gasteiger partial charge on any atom is 0.490 e. The molecule has 0 aliphatic carbocycles. The van der Waals surface area contributed by atoms with E-state index in [1.165, 1.54) is 0 Å². The third-order valence-electron chi connectivity index (χ3n) is 5.88. The highest BCUT2D eigenvalue weighted by Gasteiger charge is 2.38. The Morgan fingerprint density at radius 2 is 1.57 bits per heavy atom. The fraction of sp³-hybridized carbons (Fsp3) is 0.259. The van der Waals surface area contributed by atoms with Gasteiger partial charge in [-0.1, -0.05) is 48.5 Å². The summed E-state index contributed by atoms with van der Waals surface area (Å²) in [4.78, 5) is 24.1. The number of hydrogen-bond acceptors (Lipinski definition) is 6. The van der Waals surface area contributed by atoms with Crippen LogP contribution in [0.15, 0.2) is 77.7 Å². The van der Waals surface area contributed by atoms with Gasteiger partial charge in [0.15, 0.2) is 0 Å². The largest absolute Gasteiger partial charge is 0.490 e. The van der Waals surface area contributed by atoms with E-state index in [2.05, 4.69) is 20.3 Å². The van der Waals surface area contributed by atoms with Crippen molar-refractivity contribution in [2.24, 2.45) is 0 Å². The van der Waals surface area contributed by atoms with E-state index < -0.39 is 22.2 Å². The number of halogens is 3. The highest BCUT2D eigenvalue weighted by atomic mass is 32.2. The standard InChI is InChI=1S/C25H28N4O3S.C2HF3O2/c1-19-7-5-6-10-24(19)33(31,32)28-22-17-21(11-12-23(22)29-15-13-26-14-16-29)25(30)27-18-20-8-3-2-4-9-20;3-2(4,5)1(6)7/h2-12,17,26,28H,13-16,18H2,1H3,(H,27,30);(H,6,7). The monoisotopic (exact) mass is 578 g/mol. The molecular formula is C27H29F3N4O5S.